The number of sulfone groups is 1. The molecule has 0 saturated heterocycles. The summed E-state index contributed by atoms with van der Waals surface area (Å²) >= 11 is 0. The average Bonchev–Trinajstić information content (AvgIpc) is 2.74. The molecule has 0 aliphatic rings. The van der Waals surface area contributed by atoms with Crippen molar-refractivity contribution in [3.8, 4) is 11.8 Å². The monoisotopic (exact) mass is 466 g/mol. The average molecular weight is 467 g/mol. The molecule has 0 amide bonds. The van der Waals surface area contributed by atoms with Crippen LogP contribution in [-0.4, -0.2) is 22.8 Å². The number of benzene rings is 2. The van der Waals surface area contributed by atoms with E-state index >= 15 is 0 Å². The van der Waals surface area contributed by atoms with Gasteiger partial charge in [0.2, 0.25) is 9.84 Å². The second-order valence-electron chi connectivity index (χ2n) is 9.28. The molecule has 2 rings (SSSR count). The predicted octanol–water partition coefficient (Wildman–Crippen LogP) is 6.74. The highest BCUT2D eigenvalue weighted by atomic mass is 32.2. The minimum Gasteiger partial charge on any atom is -0.409 e. The Morgan fingerprint density at radius 3 is 2.12 bits per heavy atom. The van der Waals surface area contributed by atoms with Crippen LogP contribution >= 0.6 is 0 Å². The fraction of sp³-hybridized carbons (Fsp3) is 0.370. The van der Waals surface area contributed by atoms with E-state index in [2.05, 4.69) is 58.0 Å². The second kappa shape index (κ2) is 11.0. The zero-order valence-corrected chi connectivity index (χ0v) is 21.6. The summed E-state index contributed by atoms with van der Waals surface area (Å²) in [5.74, 6) is 6.34. The molecule has 1 atom stereocenters. The lowest BCUT2D eigenvalue weighted by Gasteiger charge is -2.39. The molecule has 0 fully saturated rings. The van der Waals surface area contributed by atoms with Crippen LogP contribution in [0.2, 0.25) is 18.1 Å². The summed E-state index contributed by atoms with van der Waals surface area (Å²) in [6.45, 7) is 14.4. The Bertz CT molecular complexity index is 1100. The van der Waals surface area contributed by atoms with E-state index in [9.17, 15) is 8.42 Å². The van der Waals surface area contributed by atoms with E-state index in [4.69, 9.17) is 4.43 Å². The summed E-state index contributed by atoms with van der Waals surface area (Å²) < 4.78 is 33.4. The van der Waals surface area contributed by atoms with Crippen LogP contribution in [0.1, 0.15) is 45.6 Å². The summed E-state index contributed by atoms with van der Waals surface area (Å²) in [6, 6.07) is 18.3. The Hall–Kier alpha value is -2.35. The van der Waals surface area contributed by atoms with Crippen molar-refractivity contribution in [2.75, 3.05) is 0 Å². The van der Waals surface area contributed by atoms with Crippen LogP contribution in [0.25, 0.3) is 0 Å². The van der Waals surface area contributed by atoms with Gasteiger partial charge in [-0.3, -0.25) is 0 Å². The van der Waals surface area contributed by atoms with Gasteiger partial charge < -0.3 is 4.43 Å². The van der Waals surface area contributed by atoms with Gasteiger partial charge in [-0.2, -0.15) is 0 Å². The highest BCUT2D eigenvalue weighted by Crippen LogP contribution is 2.39. The van der Waals surface area contributed by atoms with Gasteiger partial charge in [-0.25, -0.2) is 8.42 Å². The fourth-order valence-corrected chi connectivity index (χ4v) is 5.80. The van der Waals surface area contributed by atoms with Crippen molar-refractivity contribution in [1.82, 2.24) is 0 Å². The number of hydrogen-bond donors (Lipinski definition) is 0. The smallest absolute Gasteiger partial charge is 0.212 e. The molecule has 0 radical (unpaired) electrons. The SMILES string of the molecule is C=C=C(C(CCCC#Cc1ccccc1)O[Si](C)(C)C(C)(C)C)S(=O)(=O)c1ccccc1. The summed E-state index contributed by atoms with van der Waals surface area (Å²) in [7, 11) is -5.99. The molecule has 0 saturated carbocycles. The minimum atomic E-state index is -3.75. The van der Waals surface area contributed by atoms with Crippen LogP contribution in [0.15, 0.2) is 82.8 Å². The molecule has 0 aliphatic heterocycles. The third-order valence-corrected chi connectivity index (χ3v) is 12.2. The maximum atomic E-state index is 13.4. The molecule has 0 aliphatic carbocycles. The highest BCUT2D eigenvalue weighted by molar-refractivity contribution is 7.95. The Kier molecular flexibility index (Phi) is 8.89. The molecule has 0 spiro atoms. The largest absolute Gasteiger partial charge is 0.409 e. The topological polar surface area (TPSA) is 43.4 Å². The first kappa shape index (κ1) is 25.9. The molecule has 3 nitrogen and oxygen atoms in total. The molecule has 1 unspecified atom stereocenters. The zero-order chi connectivity index (χ0) is 23.8. The van der Waals surface area contributed by atoms with Crippen LogP contribution in [0, 0.1) is 11.8 Å². The molecular formula is C27H34O3SSi. The van der Waals surface area contributed by atoms with Gasteiger partial charge in [-0.05, 0) is 55.2 Å². The summed E-state index contributed by atoms with van der Waals surface area (Å²) in [5, 5.41) is -0.0544. The van der Waals surface area contributed by atoms with E-state index in [0.717, 1.165) is 5.56 Å². The van der Waals surface area contributed by atoms with E-state index < -0.39 is 24.3 Å². The first-order chi connectivity index (χ1) is 15.0. The quantitative estimate of drug-likeness (QED) is 0.187. The van der Waals surface area contributed by atoms with E-state index in [1.807, 2.05) is 30.3 Å². The normalized spacial score (nSPS) is 12.9. The highest BCUT2D eigenvalue weighted by Gasteiger charge is 2.41. The minimum absolute atomic E-state index is 0.0544. The molecule has 0 heterocycles. The standard InChI is InChI=1S/C27H34O3SSi/c1-7-26(31(28,29)24-20-14-10-15-21-24)25(30-32(5,6)27(2,3)4)22-16-9-13-19-23-17-11-8-12-18-23/h8,10-12,14-15,17-18,20-21,25H,1,9,16,22H2,2-6H3. The van der Waals surface area contributed by atoms with Gasteiger partial charge >= 0.3 is 0 Å². The van der Waals surface area contributed by atoms with Crippen LogP contribution in [0.4, 0.5) is 0 Å². The first-order valence-electron chi connectivity index (χ1n) is 10.9. The van der Waals surface area contributed by atoms with Crippen molar-refractivity contribution in [1.29, 1.82) is 0 Å². The molecule has 0 N–H and O–H groups in total. The van der Waals surface area contributed by atoms with Gasteiger partial charge in [0.15, 0.2) is 8.32 Å². The van der Waals surface area contributed by atoms with Crippen LogP contribution < -0.4 is 0 Å². The maximum Gasteiger partial charge on any atom is 0.212 e. The molecule has 2 aromatic rings. The van der Waals surface area contributed by atoms with Crippen molar-refractivity contribution in [3.63, 3.8) is 0 Å². The Morgan fingerprint density at radius 1 is 1.03 bits per heavy atom. The first-order valence-corrected chi connectivity index (χ1v) is 15.3. The lowest BCUT2D eigenvalue weighted by molar-refractivity contribution is 0.208. The predicted molar refractivity (Wildman–Crippen MR) is 136 cm³/mol. The lowest BCUT2D eigenvalue weighted by atomic mass is 10.1. The Labute approximate surface area is 195 Å². The summed E-state index contributed by atoms with van der Waals surface area (Å²) in [6.07, 6.45) is 1.31. The molecule has 5 heteroatoms. The van der Waals surface area contributed by atoms with E-state index in [0.29, 0.717) is 19.3 Å². The zero-order valence-electron chi connectivity index (χ0n) is 19.8. The third kappa shape index (κ3) is 6.82. The lowest BCUT2D eigenvalue weighted by Crippen LogP contribution is -2.45. The van der Waals surface area contributed by atoms with Crippen molar-refractivity contribution >= 4 is 18.2 Å². The maximum absolute atomic E-state index is 13.4. The van der Waals surface area contributed by atoms with Crippen molar-refractivity contribution in [3.05, 3.63) is 83.4 Å². The van der Waals surface area contributed by atoms with Crippen LogP contribution in [0.3, 0.4) is 0 Å². The molecule has 32 heavy (non-hydrogen) atoms. The van der Waals surface area contributed by atoms with Crippen LogP contribution in [-0.2, 0) is 14.3 Å². The van der Waals surface area contributed by atoms with Crippen molar-refractivity contribution in [2.24, 2.45) is 0 Å². The van der Waals surface area contributed by atoms with Crippen LogP contribution in [0.5, 0.6) is 0 Å². The van der Waals surface area contributed by atoms with E-state index in [1.54, 1.807) is 30.3 Å². The van der Waals surface area contributed by atoms with Crippen molar-refractivity contribution < 1.29 is 12.8 Å². The van der Waals surface area contributed by atoms with Gasteiger partial charge in [0, 0.05) is 12.0 Å². The van der Waals surface area contributed by atoms with E-state index in [-0.39, 0.29) is 14.8 Å². The second-order valence-corrected chi connectivity index (χ2v) is 16.0. The molecule has 2 aromatic carbocycles. The number of unbranched alkanes of at least 4 members (excludes halogenated alkanes) is 1. The van der Waals surface area contributed by atoms with Gasteiger partial charge in [0.25, 0.3) is 0 Å². The molecule has 0 bridgehead atoms. The van der Waals surface area contributed by atoms with Gasteiger partial charge in [0.1, 0.15) is 4.91 Å². The third-order valence-electron chi connectivity index (χ3n) is 5.83. The Balaban J connectivity index is 2.27. The van der Waals surface area contributed by atoms with Gasteiger partial charge in [0.05, 0.1) is 11.0 Å². The molecular weight excluding hydrogens is 432 g/mol. The molecule has 0 aromatic heterocycles. The van der Waals surface area contributed by atoms with Gasteiger partial charge in [-0.1, -0.05) is 75.6 Å². The summed E-state index contributed by atoms with van der Waals surface area (Å²) in [4.78, 5) is 0.350. The van der Waals surface area contributed by atoms with Crippen molar-refractivity contribution in [2.45, 2.75) is 69.2 Å². The fourth-order valence-electron chi connectivity index (χ4n) is 2.95. The Morgan fingerprint density at radius 2 is 1.59 bits per heavy atom. The van der Waals surface area contributed by atoms with E-state index in [1.165, 1.54) is 0 Å². The molecule has 170 valence electrons. The number of hydrogen-bond acceptors (Lipinski definition) is 3. The number of rotatable bonds is 8. The summed E-state index contributed by atoms with van der Waals surface area (Å²) in [5.41, 5.74) is 3.69. The van der Waals surface area contributed by atoms with Gasteiger partial charge in [-0.15, -0.1) is 5.73 Å².